The Balaban J connectivity index is 1.47. The van der Waals surface area contributed by atoms with E-state index in [-0.39, 0.29) is 0 Å². The van der Waals surface area contributed by atoms with Gasteiger partial charge in [0.15, 0.2) is 0 Å². The number of likely N-dealkylation sites (N-methyl/N-ethyl adjacent to an activating group) is 1. The van der Waals surface area contributed by atoms with E-state index in [0.717, 1.165) is 34.5 Å². The lowest BCUT2D eigenvalue weighted by Gasteiger charge is -2.11. The second-order valence-corrected chi connectivity index (χ2v) is 6.86. The molecule has 0 radical (unpaired) electrons. The summed E-state index contributed by atoms with van der Waals surface area (Å²) >= 11 is 0. The largest absolute Gasteiger partial charge is 0.491 e. The summed E-state index contributed by atoms with van der Waals surface area (Å²) in [5.74, 6) is 2.09. The summed E-state index contributed by atoms with van der Waals surface area (Å²) in [6, 6.07) is 15.7. The third-order valence-electron chi connectivity index (χ3n) is 4.35. The maximum Gasteiger partial charge on any atom is 0.137 e. The first-order valence-electron chi connectivity index (χ1n) is 9.35. The molecule has 7 heteroatoms. The molecule has 4 aromatic rings. The minimum atomic E-state index is 0.622. The number of nitrogens with zero attached hydrogens (tertiary/aromatic N) is 5. The highest BCUT2D eigenvalue weighted by Gasteiger charge is 2.05. The molecule has 0 unspecified atom stereocenters. The Labute approximate surface area is 169 Å². The zero-order chi connectivity index (χ0) is 20.1. The molecule has 0 fully saturated rings. The van der Waals surface area contributed by atoms with Crippen molar-refractivity contribution in [3.8, 4) is 17.0 Å². The number of fused-ring (bicyclic) bond motifs is 1. The van der Waals surface area contributed by atoms with Crippen molar-refractivity contribution < 1.29 is 4.74 Å². The van der Waals surface area contributed by atoms with Crippen molar-refractivity contribution in [2.45, 2.75) is 0 Å². The topological polar surface area (TPSA) is 76.1 Å². The van der Waals surface area contributed by atoms with Gasteiger partial charge in [-0.05, 0) is 38.4 Å². The van der Waals surface area contributed by atoms with Gasteiger partial charge in [0.05, 0.1) is 17.4 Å². The fourth-order valence-corrected chi connectivity index (χ4v) is 2.81. The minimum absolute atomic E-state index is 0.622. The monoisotopic (exact) mass is 386 g/mol. The predicted octanol–water partition coefficient (Wildman–Crippen LogP) is 3.77. The zero-order valence-electron chi connectivity index (χ0n) is 16.4. The summed E-state index contributed by atoms with van der Waals surface area (Å²) in [6.07, 6.45) is 5.06. The van der Waals surface area contributed by atoms with Crippen LogP contribution in [-0.2, 0) is 0 Å². The molecule has 0 saturated heterocycles. The molecule has 1 N–H and O–H groups in total. The highest BCUT2D eigenvalue weighted by molar-refractivity contribution is 5.83. The van der Waals surface area contributed by atoms with E-state index in [4.69, 9.17) is 4.74 Å². The molecule has 0 saturated carbocycles. The molecule has 0 atom stereocenters. The van der Waals surface area contributed by atoms with E-state index in [1.807, 2.05) is 62.8 Å². The number of hydrogen-bond donors (Lipinski definition) is 1. The van der Waals surface area contributed by atoms with Crippen LogP contribution < -0.4 is 10.1 Å². The molecular weight excluding hydrogens is 364 g/mol. The molecular formula is C22H22N6O. The summed E-state index contributed by atoms with van der Waals surface area (Å²) < 4.78 is 5.67. The van der Waals surface area contributed by atoms with E-state index in [2.05, 4.69) is 36.2 Å². The first-order valence-corrected chi connectivity index (χ1v) is 9.35. The molecule has 0 aliphatic heterocycles. The maximum absolute atomic E-state index is 5.67. The van der Waals surface area contributed by atoms with E-state index < -0.39 is 0 Å². The quantitative estimate of drug-likeness (QED) is 0.518. The molecule has 7 nitrogen and oxygen atoms in total. The van der Waals surface area contributed by atoms with E-state index in [1.165, 1.54) is 6.33 Å². The highest BCUT2D eigenvalue weighted by atomic mass is 16.5. The number of anilines is 2. The van der Waals surface area contributed by atoms with Crippen LogP contribution in [0.3, 0.4) is 0 Å². The second-order valence-electron chi connectivity index (χ2n) is 6.86. The van der Waals surface area contributed by atoms with Gasteiger partial charge in [-0.1, -0.05) is 18.2 Å². The van der Waals surface area contributed by atoms with Crippen molar-refractivity contribution in [3.05, 3.63) is 67.3 Å². The van der Waals surface area contributed by atoms with Gasteiger partial charge in [-0.25, -0.2) is 15.0 Å². The number of pyridine rings is 2. The first kappa shape index (κ1) is 18.8. The van der Waals surface area contributed by atoms with Crippen LogP contribution in [0, 0.1) is 0 Å². The van der Waals surface area contributed by atoms with E-state index in [1.54, 1.807) is 6.20 Å². The molecule has 4 rings (SSSR count). The number of para-hydroxylation sites is 1. The molecule has 0 bridgehead atoms. The number of hydrogen-bond acceptors (Lipinski definition) is 7. The van der Waals surface area contributed by atoms with E-state index >= 15 is 0 Å². The van der Waals surface area contributed by atoms with Crippen LogP contribution in [-0.4, -0.2) is 52.1 Å². The smallest absolute Gasteiger partial charge is 0.137 e. The summed E-state index contributed by atoms with van der Waals surface area (Å²) in [5.41, 5.74) is 2.69. The fourth-order valence-electron chi connectivity index (χ4n) is 2.81. The Hall–Kier alpha value is -3.58. The normalized spacial score (nSPS) is 11.0. The lowest BCUT2D eigenvalue weighted by molar-refractivity contribution is 0.260. The summed E-state index contributed by atoms with van der Waals surface area (Å²) in [7, 11) is 4.02. The van der Waals surface area contributed by atoms with Crippen molar-refractivity contribution in [1.82, 2.24) is 24.8 Å². The van der Waals surface area contributed by atoms with Crippen LogP contribution in [0.1, 0.15) is 0 Å². The highest BCUT2D eigenvalue weighted by Crippen LogP contribution is 2.23. The van der Waals surface area contributed by atoms with Gasteiger partial charge in [0, 0.05) is 29.8 Å². The van der Waals surface area contributed by atoms with E-state index in [0.29, 0.717) is 18.2 Å². The predicted molar refractivity (Wildman–Crippen MR) is 114 cm³/mol. The minimum Gasteiger partial charge on any atom is -0.491 e. The summed E-state index contributed by atoms with van der Waals surface area (Å²) in [6.45, 7) is 1.48. The lowest BCUT2D eigenvalue weighted by atomic mass is 10.1. The molecule has 0 aliphatic rings. The second kappa shape index (κ2) is 8.62. The molecule has 0 aliphatic carbocycles. The van der Waals surface area contributed by atoms with Crippen molar-refractivity contribution in [2.24, 2.45) is 0 Å². The van der Waals surface area contributed by atoms with Crippen LogP contribution in [0.5, 0.6) is 5.75 Å². The first-order chi connectivity index (χ1) is 14.2. The Morgan fingerprint density at radius 2 is 1.79 bits per heavy atom. The molecule has 0 spiro atoms. The van der Waals surface area contributed by atoms with Gasteiger partial charge in [-0.3, -0.25) is 4.98 Å². The number of aromatic nitrogens is 4. The van der Waals surface area contributed by atoms with Crippen LogP contribution in [0.2, 0.25) is 0 Å². The number of rotatable bonds is 7. The standard InChI is InChI=1S/C22H22N6O/c1-28(2)9-10-29-18-7-8-21(24-14-18)27-22-12-20(25-15-26-22)17-11-16-5-3-4-6-19(16)23-13-17/h3-8,11-15H,9-10H2,1-2H3,(H,24,25,26,27). The van der Waals surface area contributed by atoms with Gasteiger partial charge in [-0.2, -0.15) is 0 Å². The summed E-state index contributed by atoms with van der Waals surface area (Å²) in [5, 5.41) is 4.28. The molecule has 146 valence electrons. The summed E-state index contributed by atoms with van der Waals surface area (Å²) in [4.78, 5) is 19.6. The van der Waals surface area contributed by atoms with Crippen molar-refractivity contribution in [2.75, 3.05) is 32.6 Å². The van der Waals surface area contributed by atoms with Gasteiger partial charge < -0.3 is 15.0 Å². The van der Waals surface area contributed by atoms with Gasteiger partial charge in [0.1, 0.15) is 30.3 Å². The number of nitrogens with one attached hydrogen (secondary N) is 1. The Bertz CT molecular complexity index is 1100. The fraction of sp³-hybridized carbons (Fsp3) is 0.182. The SMILES string of the molecule is CN(C)CCOc1ccc(Nc2cc(-c3cnc4ccccc4c3)ncn2)nc1. The molecule has 3 aromatic heterocycles. The lowest BCUT2D eigenvalue weighted by Crippen LogP contribution is -2.19. The van der Waals surface area contributed by atoms with Crippen LogP contribution in [0.4, 0.5) is 11.6 Å². The molecule has 3 heterocycles. The van der Waals surface area contributed by atoms with Crippen LogP contribution in [0.15, 0.2) is 67.3 Å². The molecule has 29 heavy (non-hydrogen) atoms. The molecule has 0 amide bonds. The Kier molecular flexibility index (Phi) is 5.58. The Morgan fingerprint density at radius 1 is 0.897 bits per heavy atom. The van der Waals surface area contributed by atoms with Gasteiger partial charge in [-0.15, -0.1) is 0 Å². The van der Waals surface area contributed by atoms with Gasteiger partial charge in [0.2, 0.25) is 0 Å². The maximum atomic E-state index is 5.67. The van der Waals surface area contributed by atoms with Crippen molar-refractivity contribution >= 4 is 22.5 Å². The van der Waals surface area contributed by atoms with Crippen LogP contribution in [0.25, 0.3) is 22.2 Å². The van der Waals surface area contributed by atoms with Gasteiger partial charge >= 0.3 is 0 Å². The average molecular weight is 386 g/mol. The van der Waals surface area contributed by atoms with Crippen molar-refractivity contribution in [3.63, 3.8) is 0 Å². The van der Waals surface area contributed by atoms with Crippen LogP contribution >= 0.6 is 0 Å². The van der Waals surface area contributed by atoms with Crippen molar-refractivity contribution in [1.29, 1.82) is 0 Å². The molecule has 1 aromatic carbocycles. The third kappa shape index (κ3) is 4.83. The van der Waals surface area contributed by atoms with Gasteiger partial charge in [0.25, 0.3) is 0 Å². The zero-order valence-corrected chi connectivity index (χ0v) is 16.4. The third-order valence-corrected chi connectivity index (χ3v) is 4.35. The van der Waals surface area contributed by atoms with E-state index in [9.17, 15) is 0 Å². The number of ether oxygens (including phenoxy) is 1. The average Bonchev–Trinajstić information content (AvgIpc) is 2.75. The Morgan fingerprint density at radius 3 is 2.62 bits per heavy atom. The number of benzene rings is 1.